The van der Waals surface area contributed by atoms with Crippen molar-refractivity contribution in [3.05, 3.63) is 81.8 Å². The Labute approximate surface area is 263 Å². The van der Waals surface area contributed by atoms with Gasteiger partial charge >= 0.3 is 29.6 Å². The Morgan fingerprint density at radius 2 is 1.77 bits per heavy atom. The van der Waals surface area contributed by atoms with Gasteiger partial charge in [-0.3, -0.25) is 9.35 Å². The van der Waals surface area contributed by atoms with Crippen molar-refractivity contribution >= 4 is 67.1 Å². The third kappa shape index (κ3) is 6.77. The number of hydrogen-bond donors (Lipinski definition) is 2. The van der Waals surface area contributed by atoms with Crippen LogP contribution in [0.1, 0.15) is 29.8 Å². The molecule has 0 aliphatic carbocycles. The monoisotopic (exact) mass is 609 g/mol. The number of fused-ring (bicyclic) bond motifs is 1. The maximum Gasteiger partial charge on any atom is 1.00 e. The van der Waals surface area contributed by atoms with Gasteiger partial charge < -0.3 is 15.2 Å². The molecule has 4 aromatic rings. The molecule has 9 nitrogen and oxygen atoms in total. The summed E-state index contributed by atoms with van der Waals surface area (Å²) in [4.78, 5) is 12.9. The van der Waals surface area contributed by atoms with Gasteiger partial charge in [0.25, 0.3) is 16.0 Å². The van der Waals surface area contributed by atoms with Crippen LogP contribution in [0.5, 0.6) is 11.5 Å². The van der Waals surface area contributed by atoms with Crippen molar-refractivity contribution in [3.8, 4) is 11.5 Å². The molecule has 4 aromatic carbocycles. The topological polar surface area (TPSA) is 140 Å². The third-order valence-corrected chi connectivity index (χ3v) is 7.37. The van der Waals surface area contributed by atoms with E-state index in [0.717, 1.165) is 6.07 Å². The summed E-state index contributed by atoms with van der Waals surface area (Å²) in [7, 11) is -4.51. The van der Waals surface area contributed by atoms with Crippen LogP contribution in [-0.4, -0.2) is 25.5 Å². The standard InChI is InChI=1S/C27H23Cl2N3O6S.Na/c1-3-17-23(39(35,36)37)12-10-20(24(17)29)31-32-25-18-8-6-5-7-15(18)13-19(26(25)33)27(34)30-21-14-16(28)9-11-22(21)38-4-2;/h5-14,33H,3-4H2,1-2H3,(H,30,34)(H,35,36,37);/q;+1/p-1. The van der Waals surface area contributed by atoms with E-state index in [1.165, 1.54) is 18.2 Å². The van der Waals surface area contributed by atoms with Crippen molar-refractivity contribution in [1.82, 2.24) is 0 Å². The van der Waals surface area contributed by atoms with E-state index in [0.29, 0.717) is 33.8 Å². The number of anilines is 1. The Balaban J connectivity index is 0.00000441. The minimum Gasteiger partial charge on any atom is -0.870 e. The van der Waals surface area contributed by atoms with Crippen LogP contribution < -0.4 is 44.7 Å². The molecule has 0 bridgehead atoms. The van der Waals surface area contributed by atoms with Crippen LogP contribution in [0.25, 0.3) is 10.8 Å². The molecule has 0 aromatic heterocycles. The minimum absolute atomic E-state index is 0. The van der Waals surface area contributed by atoms with Gasteiger partial charge in [-0.15, -0.1) is 5.11 Å². The van der Waals surface area contributed by atoms with Crippen LogP contribution in [0.2, 0.25) is 10.0 Å². The third-order valence-electron chi connectivity index (χ3n) is 5.78. The summed E-state index contributed by atoms with van der Waals surface area (Å²) in [6.45, 7) is 3.81. The molecular formula is C27H22Cl2N3NaO6S. The fourth-order valence-corrected chi connectivity index (χ4v) is 5.35. The Morgan fingerprint density at radius 3 is 2.45 bits per heavy atom. The summed E-state index contributed by atoms with van der Waals surface area (Å²) in [5.41, 5.74) is 0.236. The largest absolute Gasteiger partial charge is 1.00 e. The molecule has 2 N–H and O–H groups in total. The number of nitrogens with zero attached hydrogens (tertiary/aromatic N) is 2. The molecule has 4 rings (SSSR count). The maximum atomic E-state index is 13.5. The maximum absolute atomic E-state index is 13.5. The number of nitrogens with one attached hydrogen (secondary N) is 1. The number of ether oxygens (including phenoxy) is 1. The van der Waals surface area contributed by atoms with Crippen LogP contribution >= 0.6 is 23.2 Å². The molecule has 0 heterocycles. The Morgan fingerprint density at radius 1 is 1.05 bits per heavy atom. The summed E-state index contributed by atoms with van der Waals surface area (Å²) in [5, 5.41) is 25.7. The van der Waals surface area contributed by atoms with E-state index >= 15 is 0 Å². The van der Waals surface area contributed by atoms with Crippen molar-refractivity contribution in [2.24, 2.45) is 10.2 Å². The van der Waals surface area contributed by atoms with Gasteiger partial charge in [0.05, 0.1) is 27.9 Å². The predicted octanol–water partition coefficient (Wildman–Crippen LogP) is 4.10. The fourth-order valence-electron chi connectivity index (χ4n) is 3.99. The van der Waals surface area contributed by atoms with Gasteiger partial charge in [0.2, 0.25) is 0 Å². The molecule has 0 spiro atoms. The summed E-state index contributed by atoms with van der Waals surface area (Å²) in [6.07, 6.45) is 0.190. The normalized spacial score (nSPS) is 11.4. The molecule has 0 unspecified atom stereocenters. The molecule has 13 heteroatoms. The van der Waals surface area contributed by atoms with Crippen molar-refractivity contribution in [1.29, 1.82) is 0 Å². The molecule has 0 aliphatic heterocycles. The Bertz CT molecular complexity index is 1730. The molecule has 0 fully saturated rings. The second-order valence-electron chi connectivity index (χ2n) is 8.25. The van der Waals surface area contributed by atoms with Crippen LogP contribution in [-0.2, 0) is 16.5 Å². The zero-order valence-electron chi connectivity index (χ0n) is 21.7. The Kier molecular flexibility index (Phi) is 10.6. The van der Waals surface area contributed by atoms with E-state index in [-0.39, 0.29) is 68.4 Å². The smallest absolute Gasteiger partial charge is 0.870 e. The number of amides is 1. The van der Waals surface area contributed by atoms with Gasteiger partial charge in [0, 0.05) is 16.0 Å². The van der Waals surface area contributed by atoms with E-state index in [4.69, 9.17) is 27.9 Å². The molecule has 40 heavy (non-hydrogen) atoms. The molecule has 0 atom stereocenters. The van der Waals surface area contributed by atoms with Gasteiger partial charge in [0.15, 0.2) is 0 Å². The van der Waals surface area contributed by atoms with E-state index in [1.807, 2.05) is 0 Å². The summed E-state index contributed by atoms with van der Waals surface area (Å²) in [5.74, 6) is -0.997. The van der Waals surface area contributed by atoms with Gasteiger partial charge in [-0.1, -0.05) is 60.1 Å². The van der Waals surface area contributed by atoms with E-state index < -0.39 is 21.8 Å². The molecule has 0 radical (unpaired) electrons. The minimum atomic E-state index is -4.51. The number of azo groups is 1. The van der Waals surface area contributed by atoms with Crippen LogP contribution in [0.4, 0.5) is 17.1 Å². The Hall–Kier alpha value is -2.70. The first-order chi connectivity index (χ1) is 18.5. The van der Waals surface area contributed by atoms with E-state index in [1.54, 1.807) is 50.2 Å². The average Bonchev–Trinajstić information content (AvgIpc) is 2.89. The average molecular weight is 610 g/mol. The number of halogens is 2. The first kappa shape index (κ1) is 31.8. The van der Waals surface area contributed by atoms with Crippen molar-refractivity contribution in [3.63, 3.8) is 0 Å². The number of carbonyl (C=O) groups excluding carboxylic acids is 1. The van der Waals surface area contributed by atoms with E-state index in [9.17, 15) is 22.9 Å². The summed E-state index contributed by atoms with van der Waals surface area (Å²) in [6, 6.07) is 15.5. The first-order valence-electron chi connectivity index (χ1n) is 11.7. The molecule has 1 amide bonds. The molecule has 202 valence electrons. The SMILES string of the molecule is CCOc1ccc(Cl)cc1NC(=O)c1cc2ccccc2c(N=Nc2ccc(S(=O)(=O)O)c(CC)c2Cl)c1[O-].[Na+]. The summed E-state index contributed by atoms with van der Waals surface area (Å²) < 4.78 is 38.5. The van der Waals surface area contributed by atoms with E-state index in [2.05, 4.69) is 15.5 Å². The summed E-state index contributed by atoms with van der Waals surface area (Å²) >= 11 is 12.5. The molecule has 0 saturated carbocycles. The fraction of sp³-hybridized carbons (Fsp3) is 0.148. The zero-order chi connectivity index (χ0) is 28.3. The van der Waals surface area contributed by atoms with Crippen molar-refractivity contribution < 1.29 is 57.2 Å². The van der Waals surface area contributed by atoms with Crippen molar-refractivity contribution in [2.45, 2.75) is 25.2 Å². The first-order valence-corrected chi connectivity index (χ1v) is 13.9. The zero-order valence-corrected chi connectivity index (χ0v) is 26.1. The molecule has 0 aliphatic rings. The number of rotatable bonds is 8. The van der Waals surface area contributed by atoms with Crippen LogP contribution in [0, 0.1) is 0 Å². The van der Waals surface area contributed by atoms with Crippen LogP contribution in [0.15, 0.2) is 75.8 Å². The van der Waals surface area contributed by atoms with Gasteiger partial charge in [-0.25, -0.2) is 0 Å². The number of hydrogen-bond acceptors (Lipinski definition) is 7. The number of carbonyl (C=O) groups is 1. The second kappa shape index (κ2) is 13.3. The van der Waals surface area contributed by atoms with Gasteiger partial charge in [-0.2, -0.15) is 13.5 Å². The van der Waals surface area contributed by atoms with Crippen molar-refractivity contribution in [2.75, 3.05) is 11.9 Å². The van der Waals surface area contributed by atoms with Gasteiger partial charge in [-0.05, 0) is 60.7 Å². The predicted molar refractivity (Wildman–Crippen MR) is 149 cm³/mol. The second-order valence-corrected chi connectivity index (χ2v) is 10.5. The molecular weight excluding hydrogens is 588 g/mol. The van der Waals surface area contributed by atoms with Crippen LogP contribution in [0.3, 0.4) is 0 Å². The quantitative estimate of drug-likeness (QED) is 0.175. The van der Waals surface area contributed by atoms with Gasteiger partial charge in [0.1, 0.15) is 11.4 Å². The number of benzene rings is 4. The molecule has 0 saturated heterocycles.